The summed E-state index contributed by atoms with van der Waals surface area (Å²) in [6.45, 7) is 3.50. The molecule has 4 nitrogen and oxygen atoms in total. The van der Waals surface area contributed by atoms with Gasteiger partial charge in [0.1, 0.15) is 0 Å². The van der Waals surface area contributed by atoms with E-state index in [9.17, 15) is 4.79 Å². The molecule has 116 valence electrons. The number of anilines is 1. The maximum Gasteiger partial charge on any atom is 0.293 e. The van der Waals surface area contributed by atoms with Crippen molar-refractivity contribution in [3.8, 4) is 0 Å². The highest BCUT2D eigenvalue weighted by Gasteiger charge is 2.05. The van der Waals surface area contributed by atoms with Crippen LogP contribution in [0.15, 0.2) is 42.6 Å². The first-order valence-corrected chi connectivity index (χ1v) is 7.98. The molecule has 0 bridgehead atoms. The van der Waals surface area contributed by atoms with Crippen molar-refractivity contribution in [2.45, 2.75) is 13.5 Å². The van der Waals surface area contributed by atoms with Crippen LogP contribution >= 0.6 is 22.9 Å². The average molecular weight is 337 g/mol. The molecule has 22 heavy (non-hydrogen) atoms. The van der Waals surface area contributed by atoms with Crippen LogP contribution in [0.1, 0.15) is 11.8 Å². The zero-order chi connectivity index (χ0) is 15.9. The number of hydrogen-bond donors (Lipinski definition) is 1. The van der Waals surface area contributed by atoms with E-state index in [0.29, 0.717) is 13.1 Å². The van der Waals surface area contributed by atoms with E-state index >= 15 is 0 Å². The minimum absolute atomic E-state index is 0.431. The van der Waals surface area contributed by atoms with E-state index < -0.39 is 0 Å². The van der Waals surface area contributed by atoms with Gasteiger partial charge in [-0.05, 0) is 37.3 Å². The van der Waals surface area contributed by atoms with Crippen LogP contribution in [0.25, 0.3) is 10.9 Å². The lowest BCUT2D eigenvalue weighted by molar-refractivity contribution is -0.128. The van der Waals surface area contributed by atoms with E-state index in [-0.39, 0.29) is 0 Å². The lowest BCUT2D eigenvalue weighted by atomic mass is 10.2. The molecule has 0 atom stereocenters. The smallest absolute Gasteiger partial charge is 0.293 e. The quantitative estimate of drug-likeness (QED) is 0.574. The second kappa shape index (κ2) is 7.87. The molecule has 0 aliphatic heterocycles. The van der Waals surface area contributed by atoms with Crippen molar-refractivity contribution in [2.75, 3.05) is 12.3 Å². The van der Waals surface area contributed by atoms with Crippen molar-refractivity contribution in [1.29, 1.82) is 0 Å². The molecule has 3 rings (SSSR count). The highest BCUT2D eigenvalue weighted by molar-refractivity contribution is 7.16. The molecule has 0 aliphatic carbocycles. The molecule has 0 saturated heterocycles. The predicted octanol–water partition coefficient (Wildman–Crippen LogP) is 4.17. The van der Waals surface area contributed by atoms with Crippen LogP contribution in [-0.2, 0) is 16.1 Å². The minimum atomic E-state index is 0.431. The van der Waals surface area contributed by atoms with Crippen molar-refractivity contribution in [1.82, 2.24) is 4.57 Å². The van der Waals surface area contributed by atoms with Crippen LogP contribution in [0.5, 0.6) is 0 Å². The number of hydrogen-bond acceptors (Lipinski definition) is 4. The summed E-state index contributed by atoms with van der Waals surface area (Å²) in [7, 11) is 0. The van der Waals surface area contributed by atoms with Crippen molar-refractivity contribution in [2.24, 2.45) is 0 Å². The summed E-state index contributed by atoms with van der Waals surface area (Å²) >= 11 is 7.55. The van der Waals surface area contributed by atoms with Crippen molar-refractivity contribution < 1.29 is 9.53 Å². The number of nitrogens with two attached hydrogens (primary N) is 1. The molecule has 0 unspecified atom stereocenters. The number of carbonyl (C=O) groups is 1. The number of ether oxygens (including phenoxy) is 1. The van der Waals surface area contributed by atoms with Crippen LogP contribution in [0.2, 0.25) is 4.34 Å². The molecule has 2 N–H and O–H groups in total. The Morgan fingerprint density at radius 2 is 2.14 bits per heavy atom. The topological polar surface area (TPSA) is 57.2 Å². The number of carbonyl (C=O) groups excluding carboxylic acids is 1. The Morgan fingerprint density at radius 3 is 2.73 bits per heavy atom. The number of rotatable bonds is 4. The fourth-order valence-electron chi connectivity index (χ4n) is 2.06. The molecule has 0 spiro atoms. The van der Waals surface area contributed by atoms with Gasteiger partial charge < -0.3 is 15.0 Å². The van der Waals surface area contributed by atoms with Gasteiger partial charge in [0.05, 0.1) is 23.0 Å². The predicted molar refractivity (Wildman–Crippen MR) is 92.5 cm³/mol. The molecule has 1 aromatic carbocycles. The SMILES string of the molecule is CCOC=O.Nc1cccc2c1ccn2Cc1ccc(Cl)s1. The molecular weight excluding hydrogens is 320 g/mol. The maximum absolute atomic E-state index is 9.18. The highest BCUT2D eigenvalue weighted by atomic mass is 35.5. The second-order valence-electron chi connectivity index (χ2n) is 4.48. The fraction of sp³-hybridized carbons (Fsp3) is 0.188. The summed E-state index contributed by atoms with van der Waals surface area (Å²) in [5.74, 6) is 0. The first-order chi connectivity index (χ1) is 10.7. The van der Waals surface area contributed by atoms with Gasteiger partial charge in [0.15, 0.2) is 0 Å². The molecule has 3 aromatic rings. The lowest BCUT2D eigenvalue weighted by Crippen LogP contribution is -1.95. The first kappa shape index (κ1) is 16.4. The Balaban J connectivity index is 0.000000309. The van der Waals surface area contributed by atoms with Crippen molar-refractivity contribution in [3.63, 3.8) is 0 Å². The van der Waals surface area contributed by atoms with E-state index in [1.807, 2.05) is 18.2 Å². The van der Waals surface area contributed by atoms with E-state index in [1.54, 1.807) is 18.3 Å². The molecule has 0 saturated carbocycles. The summed E-state index contributed by atoms with van der Waals surface area (Å²) in [5.41, 5.74) is 7.92. The van der Waals surface area contributed by atoms with E-state index in [2.05, 4.69) is 33.7 Å². The zero-order valence-electron chi connectivity index (χ0n) is 12.2. The van der Waals surface area contributed by atoms with Crippen molar-refractivity contribution >= 4 is 46.0 Å². The van der Waals surface area contributed by atoms with E-state index in [1.165, 1.54) is 4.88 Å². The van der Waals surface area contributed by atoms with Crippen LogP contribution < -0.4 is 5.73 Å². The number of thiophene rings is 1. The number of halogens is 1. The van der Waals surface area contributed by atoms with Crippen LogP contribution in [0, 0.1) is 0 Å². The Bertz CT molecular complexity index is 752. The average Bonchev–Trinajstić information content (AvgIpc) is 3.09. The Morgan fingerprint density at radius 1 is 1.32 bits per heavy atom. The molecular formula is C16H17ClN2O2S. The number of benzene rings is 1. The maximum atomic E-state index is 9.18. The van der Waals surface area contributed by atoms with Gasteiger partial charge in [-0.3, -0.25) is 4.79 Å². The molecule has 0 amide bonds. The van der Waals surface area contributed by atoms with Crippen molar-refractivity contribution in [3.05, 3.63) is 51.8 Å². The Kier molecular flexibility index (Phi) is 5.86. The van der Waals surface area contributed by atoms with Crippen LogP contribution in [-0.4, -0.2) is 17.6 Å². The molecule has 0 aliphatic rings. The van der Waals surface area contributed by atoms with E-state index in [0.717, 1.165) is 27.5 Å². The summed E-state index contributed by atoms with van der Waals surface area (Å²) in [6, 6.07) is 12.0. The van der Waals surface area contributed by atoms with Crippen LogP contribution in [0.3, 0.4) is 0 Å². The van der Waals surface area contributed by atoms with Gasteiger partial charge in [-0.2, -0.15) is 0 Å². The summed E-state index contributed by atoms with van der Waals surface area (Å²) in [4.78, 5) is 10.4. The molecule has 0 fully saturated rings. The van der Waals surface area contributed by atoms with Gasteiger partial charge in [0.25, 0.3) is 6.47 Å². The minimum Gasteiger partial charge on any atom is -0.468 e. The third kappa shape index (κ3) is 4.02. The second-order valence-corrected chi connectivity index (χ2v) is 6.28. The number of aromatic nitrogens is 1. The third-order valence-electron chi connectivity index (χ3n) is 3.04. The van der Waals surface area contributed by atoms with E-state index in [4.69, 9.17) is 17.3 Å². The van der Waals surface area contributed by atoms with Crippen LogP contribution in [0.4, 0.5) is 5.69 Å². The van der Waals surface area contributed by atoms with Gasteiger partial charge in [-0.15, -0.1) is 11.3 Å². The van der Waals surface area contributed by atoms with Gasteiger partial charge in [-0.25, -0.2) is 0 Å². The first-order valence-electron chi connectivity index (χ1n) is 6.78. The van der Waals surface area contributed by atoms with Gasteiger partial charge in [0, 0.05) is 22.1 Å². The number of nitrogen functional groups attached to an aromatic ring is 1. The molecule has 2 heterocycles. The van der Waals surface area contributed by atoms with Gasteiger partial charge >= 0.3 is 0 Å². The normalized spacial score (nSPS) is 10.1. The summed E-state index contributed by atoms with van der Waals surface area (Å²) in [6.07, 6.45) is 2.06. The third-order valence-corrected chi connectivity index (χ3v) is 4.25. The lowest BCUT2D eigenvalue weighted by Gasteiger charge is -2.03. The fourth-order valence-corrected chi connectivity index (χ4v) is 3.14. The molecule has 2 aromatic heterocycles. The Labute approximate surface area is 138 Å². The summed E-state index contributed by atoms with van der Waals surface area (Å²) in [5, 5.41) is 1.11. The summed E-state index contributed by atoms with van der Waals surface area (Å²) < 4.78 is 7.17. The number of nitrogens with zero attached hydrogens (tertiary/aromatic N) is 1. The Hall–Kier alpha value is -1.98. The van der Waals surface area contributed by atoms with Gasteiger partial charge in [0.2, 0.25) is 0 Å². The molecule has 6 heteroatoms. The monoisotopic (exact) mass is 336 g/mol. The largest absolute Gasteiger partial charge is 0.468 e. The number of fused-ring (bicyclic) bond motifs is 1. The van der Waals surface area contributed by atoms with Gasteiger partial charge in [-0.1, -0.05) is 17.7 Å². The highest BCUT2D eigenvalue weighted by Crippen LogP contribution is 2.26. The molecule has 0 radical (unpaired) electrons. The standard InChI is InChI=1S/C13H11ClN2S.C3H6O2/c14-13-5-4-9(17-13)8-16-7-6-10-11(15)2-1-3-12(10)16;1-2-5-3-4/h1-7H,8,15H2;3H,2H2,1H3. The zero-order valence-corrected chi connectivity index (χ0v) is 13.7.